The molecular weight excluding hydrogens is 203 g/mol. The topological polar surface area (TPSA) is 101 Å². The zero-order chi connectivity index (χ0) is 8.15. The van der Waals surface area contributed by atoms with Crippen molar-refractivity contribution in [2.45, 2.75) is 18.9 Å². The van der Waals surface area contributed by atoms with E-state index in [9.17, 15) is 9.59 Å². The second kappa shape index (κ2) is 6.25. The number of nitrogens with two attached hydrogens (primary N) is 1. The minimum Gasteiger partial charge on any atom is -0.481 e. The van der Waals surface area contributed by atoms with Gasteiger partial charge in [0.1, 0.15) is 6.04 Å². The molecule has 6 heteroatoms. The summed E-state index contributed by atoms with van der Waals surface area (Å²) in [6.45, 7) is 0. The Morgan fingerprint density at radius 1 is 1.36 bits per heavy atom. The first-order valence-electron chi connectivity index (χ1n) is 2.74. The van der Waals surface area contributed by atoms with E-state index in [1.165, 1.54) is 0 Å². The maximum Gasteiger partial charge on any atom is 2.00 e. The molecule has 4 N–H and O–H groups in total. The number of hydrogen-bond acceptors (Lipinski definition) is 3. The Balaban J connectivity index is 0. The van der Waals surface area contributed by atoms with Gasteiger partial charge in [-0.15, -0.1) is 0 Å². The van der Waals surface area contributed by atoms with Gasteiger partial charge >= 0.3 is 31.4 Å². The van der Waals surface area contributed by atoms with Crippen molar-refractivity contribution in [3.05, 3.63) is 0 Å². The van der Waals surface area contributed by atoms with Crippen LogP contribution in [0.2, 0.25) is 0 Å². The summed E-state index contributed by atoms with van der Waals surface area (Å²) < 4.78 is 0. The minimum absolute atomic E-state index is 0. The van der Waals surface area contributed by atoms with E-state index >= 15 is 0 Å². The number of carbonyl (C=O) groups is 2. The van der Waals surface area contributed by atoms with E-state index in [0.29, 0.717) is 0 Å². The molecular formula is C5H9NO4Zn+2. The smallest absolute Gasteiger partial charge is 0.481 e. The van der Waals surface area contributed by atoms with Gasteiger partial charge in [0.25, 0.3) is 0 Å². The third-order valence-electron chi connectivity index (χ3n) is 0.986. The van der Waals surface area contributed by atoms with Gasteiger partial charge in [0.05, 0.1) is 0 Å². The largest absolute Gasteiger partial charge is 2.00 e. The molecule has 1 atom stereocenters. The van der Waals surface area contributed by atoms with Crippen molar-refractivity contribution in [3.63, 3.8) is 0 Å². The Kier molecular flexibility index (Phi) is 7.46. The molecule has 0 amide bonds. The predicted molar refractivity (Wildman–Crippen MR) is 32.5 cm³/mol. The van der Waals surface area contributed by atoms with E-state index < -0.39 is 18.0 Å². The van der Waals surface area contributed by atoms with Crippen molar-refractivity contribution in [3.8, 4) is 0 Å². The molecule has 1 unspecified atom stereocenters. The van der Waals surface area contributed by atoms with Crippen LogP contribution < -0.4 is 5.73 Å². The van der Waals surface area contributed by atoms with Gasteiger partial charge in [-0.2, -0.15) is 0 Å². The molecule has 0 aromatic carbocycles. The summed E-state index contributed by atoms with van der Waals surface area (Å²) >= 11 is 0. The third kappa shape index (κ3) is 7.42. The standard InChI is InChI=1S/C5H9NO4.Zn/c6-3(5(9)10)1-2-4(7)8;/h3H,1-2,6H2,(H,7,8)(H,9,10);/q;+2. The molecule has 0 aliphatic heterocycles. The van der Waals surface area contributed by atoms with Gasteiger partial charge in [-0.3, -0.25) is 9.59 Å². The summed E-state index contributed by atoms with van der Waals surface area (Å²) in [5.41, 5.74) is 5.00. The average Bonchev–Trinajstić information content (AvgIpc) is 1.82. The summed E-state index contributed by atoms with van der Waals surface area (Å²) in [4.78, 5) is 19.9. The normalized spacial score (nSPS) is 11.4. The molecule has 0 aliphatic rings. The van der Waals surface area contributed by atoms with Gasteiger partial charge in [-0.05, 0) is 6.42 Å². The number of aliphatic carboxylic acids is 2. The quantitative estimate of drug-likeness (QED) is 0.533. The Morgan fingerprint density at radius 2 is 1.82 bits per heavy atom. The summed E-state index contributed by atoms with van der Waals surface area (Å²) in [5, 5.41) is 16.3. The Labute approximate surface area is 76.3 Å². The fourth-order valence-electron chi connectivity index (χ4n) is 0.402. The predicted octanol–water partition coefficient (Wildman–Crippen LogP) is -0.739. The van der Waals surface area contributed by atoms with Gasteiger partial charge in [0.15, 0.2) is 0 Å². The first kappa shape index (κ1) is 13.1. The van der Waals surface area contributed by atoms with E-state index in [1.807, 2.05) is 0 Å². The Hall–Kier alpha value is -0.477. The molecule has 5 nitrogen and oxygen atoms in total. The molecule has 0 saturated heterocycles. The summed E-state index contributed by atoms with van der Waals surface area (Å²) in [7, 11) is 0. The summed E-state index contributed by atoms with van der Waals surface area (Å²) in [5.74, 6) is -2.20. The monoisotopic (exact) mass is 211 g/mol. The zero-order valence-electron chi connectivity index (χ0n) is 5.99. The molecule has 0 spiro atoms. The third-order valence-corrected chi connectivity index (χ3v) is 0.986. The molecule has 0 aliphatic carbocycles. The van der Waals surface area contributed by atoms with Gasteiger partial charge in [-0.25, -0.2) is 0 Å². The second-order valence-corrected chi connectivity index (χ2v) is 1.88. The van der Waals surface area contributed by atoms with Crippen molar-refractivity contribution in [2.24, 2.45) is 5.73 Å². The first-order valence-corrected chi connectivity index (χ1v) is 2.74. The fourth-order valence-corrected chi connectivity index (χ4v) is 0.402. The van der Waals surface area contributed by atoms with Gasteiger partial charge in [0, 0.05) is 6.42 Å². The number of carboxylic acids is 2. The molecule has 0 saturated carbocycles. The van der Waals surface area contributed by atoms with Crippen molar-refractivity contribution in [1.29, 1.82) is 0 Å². The molecule has 0 aromatic heterocycles. The molecule has 0 radical (unpaired) electrons. The van der Waals surface area contributed by atoms with Crippen molar-refractivity contribution < 1.29 is 39.3 Å². The average molecular weight is 213 g/mol. The first-order chi connectivity index (χ1) is 4.54. The van der Waals surface area contributed by atoms with Crippen LogP contribution in [0.4, 0.5) is 0 Å². The minimum atomic E-state index is -1.17. The van der Waals surface area contributed by atoms with E-state index in [1.54, 1.807) is 0 Å². The Morgan fingerprint density at radius 3 is 2.09 bits per heavy atom. The van der Waals surface area contributed by atoms with Gasteiger partial charge < -0.3 is 15.9 Å². The maximum atomic E-state index is 9.99. The molecule has 11 heavy (non-hydrogen) atoms. The van der Waals surface area contributed by atoms with Crippen molar-refractivity contribution in [2.75, 3.05) is 0 Å². The van der Waals surface area contributed by atoms with Crippen molar-refractivity contribution in [1.82, 2.24) is 0 Å². The second-order valence-electron chi connectivity index (χ2n) is 1.88. The van der Waals surface area contributed by atoms with Gasteiger partial charge in [-0.1, -0.05) is 0 Å². The van der Waals surface area contributed by atoms with Crippen LogP contribution in [-0.4, -0.2) is 28.2 Å². The van der Waals surface area contributed by atoms with Crippen LogP contribution in [0, 0.1) is 0 Å². The number of carboxylic acid groups (broad SMARTS) is 2. The van der Waals surface area contributed by atoms with Crippen LogP contribution in [0.3, 0.4) is 0 Å². The van der Waals surface area contributed by atoms with Crippen LogP contribution >= 0.6 is 0 Å². The SMILES string of the molecule is NC(CCC(=O)O)C(=O)O.[Zn+2]. The van der Waals surface area contributed by atoms with Crippen LogP contribution in [0.1, 0.15) is 12.8 Å². The molecule has 58 valence electrons. The molecule has 0 bridgehead atoms. The van der Waals surface area contributed by atoms with Crippen LogP contribution in [0.25, 0.3) is 0 Å². The zero-order valence-corrected chi connectivity index (χ0v) is 8.95. The van der Waals surface area contributed by atoms with E-state index in [4.69, 9.17) is 15.9 Å². The van der Waals surface area contributed by atoms with Gasteiger partial charge in [0.2, 0.25) is 0 Å². The summed E-state index contributed by atoms with van der Waals surface area (Å²) in [6, 6.07) is -1.06. The molecule has 0 aromatic rings. The van der Waals surface area contributed by atoms with Crippen LogP contribution in [0.15, 0.2) is 0 Å². The maximum absolute atomic E-state index is 9.99. The Bertz CT molecular complexity index is 149. The molecule has 0 fully saturated rings. The number of hydrogen-bond donors (Lipinski definition) is 3. The summed E-state index contributed by atoms with van der Waals surface area (Å²) in [6.07, 6.45) is -0.224. The van der Waals surface area contributed by atoms with E-state index in [0.717, 1.165) is 0 Å². The van der Waals surface area contributed by atoms with Crippen molar-refractivity contribution >= 4 is 11.9 Å². The van der Waals surface area contributed by atoms with E-state index in [-0.39, 0.29) is 32.3 Å². The van der Waals surface area contributed by atoms with E-state index in [2.05, 4.69) is 0 Å². The molecule has 0 rings (SSSR count). The van der Waals surface area contributed by atoms with Crippen LogP contribution in [0.5, 0.6) is 0 Å². The fraction of sp³-hybridized carbons (Fsp3) is 0.600. The number of rotatable bonds is 4. The molecule has 0 heterocycles. The van der Waals surface area contributed by atoms with Crippen LogP contribution in [-0.2, 0) is 29.1 Å².